The maximum Gasteiger partial charge on any atom is 0.329 e. The monoisotopic (exact) mass is 581 g/mol. The van der Waals surface area contributed by atoms with Gasteiger partial charge in [0, 0.05) is 17.8 Å². The number of anilines is 2. The highest BCUT2D eigenvalue weighted by atomic mass is 32.2. The molecule has 0 saturated heterocycles. The number of rotatable bonds is 9. The molecule has 220 valence electrons. The van der Waals surface area contributed by atoms with Crippen LogP contribution >= 0.6 is 0 Å². The Balaban J connectivity index is 1.67. The van der Waals surface area contributed by atoms with Crippen LogP contribution < -0.4 is 20.1 Å². The molecule has 41 heavy (non-hydrogen) atoms. The number of amides is 2. The summed E-state index contributed by atoms with van der Waals surface area (Å²) in [5.74, 6) is 0.133. The highest BCUT2D eigenvalue weighted by Gasteiger charge is 2.27. The SMILES string of the molecule is Cc1ccc(S(=O)(=O)Nc2ccc(NC(=O)N[C@@H](Cc3ccc(OC(C)(C)C)cc3)C(=O)OC(C)(C)C)cc2)cc1. The summed E-state index contributed by atoms with van der Waals surface area (Å²) in [4.78, 5) is 26.0. The summed E-state index contributed by atoms with van der Waals surface area (Å²) < 4.78 is 39.2. The molecule has 1 atom stereocenters. The third-order valence-electron chi connectivity index (χ3n) is 5.51. The van der Waals surface area contributed by atoms with Gasteiger partial charge < -0.3 is 20.1 Å². The molecule has 3 rings (SSSR count). The molecule has 0 radical (unpaired) electrons. The van der Waals surface area contributed by atoms with Crippen molar-refractivity contribution < 1.29 is 27.5 Å². The number of hydrogen-bond acceptors (Lipinski definition) is 6. The summed E-state index contributed by atoms with van der Waals surface area (Å²) in [5, 5.41) is 5.38. The Morgan fingerprint density at radius 2 is 1.34 bits per heavy atom. The normalized spacial score (nSPS) is 12.7. The second kappa shape index (κ2) is 12.6. The van der Waals surface area contributed by atoms with Crippen molar-refractivity contribution >= 4 is 33.4 Å². The van der Waals surface area contributed by atoms with Crippen molar-refractivity contribution in [3.8, 4) is 5.75 Å². The third-order valence-corrected chi connectivity index (χ3v) is 6.91. The van der Waals surface area contributed by atoms with Crippen molar-refractivity contribution in [1.29, 1.82) is 0 Å². The first-order valence-electron chi connectivity index (χ1n) is 13.3. The van der Waals surface area contributed by atoms with Crippen LogP contribution in [0.2, 0.25) is 0 Å². The smallest absolute Gasteiger partial charge is 0.329 e. The second-order valence-electron chi connectivity index (χ2n) is 11.7. The number of aryl methyl sites for hydroxylation is 1. The summed E-state index contributed by atoms with van der Waals surface area (Å²) in [5.41, 5.74) is 1.43. The largest absolute Gasteiger partial charge is 0.488 e. The first-order valence-corrected chi connectivity index (χ1v) is 14.8. The van der Waals surface area contributed by atoms with Gasteiger partial charge in [-0.25, -0.2) is 18.0 Å². The third kappa shape index (κ3) is 10.5. The summed E-state index contributed by atoms with van der Waals surface area (Å²) in [7, 11) is -3.76. The van der Waals surface area contributed by atoms with Gasteiger partial charge in [-0.05, 0) is 103 Å². The lowest BCUT2D eigenvalue weighted by molar-refractivity contribution is -0.157. The zero-order chi connectivity index (χ0) is 30.4. The highest BCUT2D eigenvalue weighted by Crippen LogP contribution is 2.21. The summed E-state index contributed by atoms with van der Waals surface area (Å²) in [6, 6.07) is 18.5. The molecule has 0 fully saturated rings. The average Bonchev–Trinajstić information content (AvgIpc) is 2.84. The van der Waals surface area contributed by atoms with E-state index in [-0.39, 0.29) is 16.9 Å². The van der Waals surface area contributed by atoms with Crippen LogP contribution in [0.4, 0.5) is 16.2 Å². The van der Waals surface area contributed by atoms with Gasteiger partial charge in [0.1, 0.15) is 23.0 Å². The fraction of sp³-hybridized carbons (Fsp3) is 0.355. The zero-order valence-electron chi connectivity index (χ0n) is 24.6. The van der Waals surface area contributed by atoms with Crippen molar-refractivity contribution in [2.24, 2.45) is 0 Å². The zero-order valence-corrected chi connectivity index (χ0v) is 25.4. The Morgan fingerprint density at radius 1 is 0.780 bits per heavy atom. The number of urea groups is 1. The molecule has 10 heteroatoms. The first-order chi connectivity index (χ1) is 19.0. The second-order valence-corrected chi connectivity index (χ2v) is 13.4. The van der Waals surface area contributed by atoms with Gasteiger partial charge in [0.2, 0.25) is 0 Å². The first kappa shape index (κ1) is 31.5. The highest BCUT2D eigenvalue weighted by molar-refractivity contribution is 7.92. The summed E-state index contributed by atoms with van der Waals surface area (Å²) in [6.45, 7) is 13.0. The Kier molecular flexibility index (Phi) is 9.70. The van der Waals surface area contributed by atoms with Crippen molar-refractivity contribution in [3.63, 3.8) is 0 Å². The molecule has 3 aromatic rings. The molecule has 0 aliphatic heterocycles. The van der Waals surface area contributed by atoms with Gasteiger partial charge in [0.15, 0.2) is 0 Å². The minimum Gasteiger partial charge on any atom is -0.488 e. The minimum absolute atomic E-state index is 0.147. The lowest BCUT2D eigenvalue weighted by Crippen LogP contribution is -2.47. The lowest BCUT2D eigenvalue weighted by atomic mass is 10.1. The van der Waals surface area contributed by atoms with Gasteiger partial charge in [0.05, 0.1) is 4.90 Å². The average molecular weight is 582 g/mol. The molecule has 0 saturated carbocycles. The summed E-state index contributed by atoms with van der Waals surface area (Å²) >= 11 is 0. The van der Waals surface area contributed by atoms with Crippen LogP contribution in [0.3, 0.4) is 0 Å². The quantitative estimate of drug-likeness (QED) is 0.265. The van der Waals surface area contributed by atoms with E-state index in [1.54, 1.807) is 45.0 Å². The number of carbonyl (C=O) groups is 2. The fourth-order valence-corrected chi connectivity index (χ4v) is 4.79. The summed E-state index contributed by atoms with van der Waals surface area (Å²) in [6.07, 6.45) is 0.206. The van der Waals surface area contributed by atoms with Gasteiger partial charge in [-0.1, -0.05) is 29.8 Å². The van der Waals surface area contributed by atoms with E-state index in [1.807, 2.05) is 52.0 Å². The topological polar surface area (TPSA) is 123 Å². The maximum absolute atomic E-state index is 13.0. The van der Waals surface area contributed by atoms with Crippen LogP contribution in [0.25, 0.3) is 0 Å². The van der Waals surface area contributed by atoms with E-state index in [9.17, 15) is 18.0 Å². The molecule has 0 aliphatic rings. The van der Waals surface area contributed by atoms with E-state index in [1.165, 1.54) is 24.3 Å². The maximum atomic E-state index is 13.0. The molecule has 3 aromatic carbocycles. The number of ether oxygens (including phenoxy) is 2. The molecule has 9 nitrogen and oxygen atoms in total. The Labute approximate surface area is 242 Å². The lowest BCUT2D eigenvalue weighted by Gasteiger charge is -2.25. The van der Waals surface area contributed by atoms with Crippen molar-refractivity contribution in [2.45, 2.75) is 77.0 Å². The predicted molar refractivity (Wildman–Crippen MR) is 161 cm³/mol. The standard InChI is InChI=1S/C31H39N3O6S/c1-21-8-18-26(19-9-21)41(37,38)34-24-14-12-23(13-15-24)32-29(36)33-27(28(35)40-31(5,6)7)20-22-10-16-25(17-11-22)39-30(2,3)4/h8-19,27,34H,20H2,1-7H3,(H2,32,33,36)/t27-/m0/s1. The number of carbonyl (C=O) groups excluding carboxylic acids is 2. The van der Waals surface area contributed by atoms with E-state index >= 15 is 0 Å². The van der Waals surface area contributed by atoms with Gasteiger partial charge >= 0.3 is 12.0 Å². The van der Waals surface area contributed by atoms with Crippen LogP contribution in [-0.2, 0) is 26.0 Å². The van der Waals surface area contributed by atoms with E-state index in [4.69, 9.17) is 9.47 Å². The van der Waals surface area contributed by atoms with Crippen molar-refractivity contribution in [3.05, 3.63) is 83.9 Å². The Bertz CT molecular complexity index is 1440. The molecule has 0 heterocycles. The fourth-order valence-electron chi connectivity index (χ4n) is 3.73. The van der Waals surface area contributed by atoms with Crippen LogP contribution in [0, 0.1) is 6.92 Å². The Hall–Kier alpha value is -4.05. The Morgan fingerprint density at radius 3 is 1.88 bits per heavy atom. The molecule has 2 amide bonds. The van der Waals surface area contributed by atoms with Crippen LogP contribution in [0.15, 0.2) is 77.7 Å². The molecule has 0 spiro atoms. The number of esters is 1. The van der Waals surface area contributed by atoms with Crippen LogP contribution in [-0.4, -0.2) is 37.7 Å². The van der Waals surface area contributed by atoms with E-state index in [0.717, 1.165) is 11.1 Å². The van der Waals surface area contributed by atoms with E-state index in [0.29, 0.717) is 17.1 Å². The van der Waals surface area contributed by atoms with Crippen LogP contribution in [0.1, 0.15) is 52.7 Å². The van der Waals surface area contributed by atoms with Gasteiger partial charge in [0.25, 0.3) is 10.0 Å². The molecule has 0 aromatic heterocycles. The minimum atomic E-state index is -3.76. The van der Waals surface area contributed by atoms with Crippen LogP contribution in [0.5, 0.6) is 5.75 Å². The van der Waals surface area contributed by atoms with Gasteiger partial charge in [-0.2, -0.15) is 0 Å². The molecular weight excluding hydrogens is 542 g/mol. The molecule has 0 bridgehead atoms. The molecule has 3 N–H and O–H groups in total. The van der Waals surface area contributed by atoms with Gasteiger partial charge in [-0.3, -0.25) is 4.72 Å². The van der Waals surface area contributed by atoms with E-state index < -0.39 is 33.7 Å². The van der Waals surface area contributed by atoms with Gasteiger partial charge in [-0.15, -0.1) is 0 Å². The molecule has 0 aliphatic carbocycles. The number of hydrogen-bond donors (Lipinski definition) is 3. The number of benzene rings is 3. The number of sulfonamides is 1. The molecular formula is C31H39N3O6S. The van der Waals surface area contributed by atoms with Crippen molar-refractivity contribution in [1.82, 2.24) is 5.32 Å². The molecule has 0 unspecified atom stereocenters. The predicted octanol–water partition coefficient (Wildman–Crippen LogP) is 6.05. The number of nitrogens with one attached hydrogen (secondary N) is 3. The van der Waals surface area contributed by atoms with E-state index in [2.05, 4.69) is 15.4 Å². The van der Waals surface area contributed by atoms with Crippen molar-refractivity contribution in [2.75, 3.05) is 10.0 Å².